The van der Waals surface area contributed by atoms with E-state index >= 15 is 0 Å². The van der Waals surface area contributed by atoms with Crippen LogP contribution in [-0.4, -0.2) is 17.6 Å². The summed E-state index contributed by atoms with van der Waals surface area (Å²) in [4.78, 5) is 10.9. The Morgan fingerprint density at radius 2 is 2.46 bits per heavy atom. The molecule has 0 unspecified atom stereocenters. The second kappa shape index (κ2) is 5.92. The number of rotatable bonds is 3. The number of aryl methyl sites for hydroxylation is 1. The molecule has 0 saturated heterocycles. The van der Waals surface area contributed by atoms with E-state index in [1.165, 1.54) is 0 Å². The van der Waals surface area contributed by atoms with Crippen molar-refractivity contribution in [3.05, 3.63) is 11.8 Å². The van der Waals surface area contributed by atoms with Crippen molar-refractivity contribution in [1.29, 1.82) is 0 Å². The summed E-state index contributed by atoms with van der Waals surface area (Å²) in [7, 11) is 0. The molecular formula is C7H12IN3O2. The lowest BCUT2D eigenvalue weighted by atomic mass is 10.4. The fourth-order valence-corrected chi connectivity index (χ4v) is 0.762. The van der Waals surface area contributed by atoms with E-state index in [1.54, 1.807) is 13.0 Å². The first-order chi connectivity index (χ1) is 5.72. The standard InChI is InChI=1S/C7H11N3O2.HI/c1-5-4-6(10-12-5)9-7(11)2-3-8;/h4H,2-3,8H2,1H3,(H,9,10,11);1H. The van der Waals surface area contributed by atoms with E-state index in [-0.39, 0.29) is 29.9 Å². The van der Waals surface area contributed by atoms with Gasteiger partial charge in [0.25, 0.3) is 0 Å². The summed E-state index contributed by atoms with van der Waals surface area (Å²) in [6, 6.07) is 1.65. The summed E-state index contributed by atoms with van der Waals surface area (Å²) in [5.41, 5.74) is 5.18. The number of amides is 1. The van der Waals surface area contributed by atoms with Crippen molar-refractivity contribution in [1.82, 2.24) is 5.16 Å². The van der Waals surface area contributed by atoms with Crippen molar-refractivity contribution in [2.45, 2.75) is 13.3 Å². The highest BCUT2D eigenvalue weighted by molar-refractivity contribution is 14.0. The monoisotopic (exact) mass is 297 g/mol. The zero-order valence-corrected chi connectivity index (χ0v) is 9.57. The third-order valence-corrected chi connectivity index (χ3v) is 1.27. The number of halogens is 1. The number of carbonyl (C=O) groups is 1. The fourth-order valence-electron chi connectivity index (χ4n) is 0.762. The van der Waals surface area contributed by atoms with Gasteiger partial charge in [-0.1, -0.05) is 5.16 Å². The molecule has 0 fully saturated rings. The van der Waals surface area contributed by atoms with Crippen LogP contribution in [0.2, 0.25) is 0 Å². The van der Waals surface area contributed by atoms with Gasteiger partial charge in [0.05, 0.1) is 0 Å². The lowest BCUT2D eigenvalue weighted by Gasteiger charge is -1.96. The van der Waals surface area contributed by atoms with Crippen LogP contribution >= 0.6 is 24.0 Å². The molecule has 0 aliphatic rings. The van der Waals surface area contributed by atoms with Crippen LogP contribution in [0.5, 0.6) is 0 Å². The normalized spacial score (nSPS) is 9.08. The van der Waals surface area contributed by atoms with E-state index in [0.717, 1.165) is 0 Å². The van der Waals surface area contributed by atoms with Crippen molar-refractivity contribution in [2.24, 2.45) is 5.73 Å². The molecule has 0 aliphatic heterocycles. The maximum atomic E-state index is 10.9. The van der Waals surface area contributed by atoms with E-state index in [1.807, 2.05) is 0 Å². The van der Waals surface area contributed by atoms with Crippen LogP contribution in [0.4, 0.5) is 5.82 Å². The molecule has 13 heavy (non-hydrogen) atoms. The Labute approximate surface area is 93.1 Å². The van der Waals surface area contributed by atoms with Crippen molar-refractivity contribution in [3.63, 3.8) is 0 Å². The Kier molecular flexibility index (Phi) is 5.63. The van der Waals surface area contributed by atoms with Gasteiger partial charge in [0, 0.05) is 19.0 Å². The van der Waals surface area contributed by atoms with Gasteiger partial charge in [-0.05, 0) is 6.92 Å². The molecule has 1 aromatic heterocycles. The third-order valence-electron chi connectivity index (χ3n) is 1.27. The molecule has 1 amide bonds. The number of anilines is 1. The van der Waals surface area contributed by atoms with Gasteiger partial charge in [0.15, 0.2) is 5.82 Å². The number of hydrogen-bond donors (Lipinski definition) is 2. The first-order valence-corrected chi connectivity index (χ1v) is 3.65. The molecule has 1 aromatic rings. The Morgan fingerprint density at radius 1 is 1.77 bits per heavy atom. The minimum atomic E-state index is -0.147. The first-order valence-electron chi connectivity index (χ1n) is 3.65. The smallest absolute Gasteiger partial charge is 0.226 e. The zero-order chi connectivity index (χ0) is 8.97. The predicted molar refractivity (Wildman–Crippen MR) is 59.0 cm³/mol. The van der Waals surface area contributed by atoms with Crippen LogP contribution in [0.3, 0.4) is 0 Å². The first kappa shape index (κ1) is 12.4. The van der Waals surface area contributed by atoms with Crippen LogP contribution in [0.25, 0.3) is 0 Å². The maximum absolute atomic E-state index is 10.9. The van der Waals surface area contributed by atoms with E-state index in [4.69, 9.17) is 10.3 Å². The van der Waals surface area contributed by atoms with Crippen LogP contribution in [0.15, 0.2) is 10.6 Å². The lowest BCUT2D eigenvalue weighted by Crippen LogP contribution is -2.16. The van der Waals surface area contributed by atoms with Gasteiger partial charge in [-0.2, -0.15) is 0 Å². The molecule has 0 bridgehead atoms. The van der Waals surface area contributed by atoms with Gasteiger partial charge in [0.1, 0.15) is 5.76 Å². The molecule has 5 nitrogen and oxygen atoms in total. The Morgan fingerprint density at radius 3 is 2.92 bits per heavy atom. The summed E-state index contributed by atoms with van der Waals surface area (Å²) < 4.78 is 4.75. The quantitative estimate of drug-likeness (QED) is 0.812. The number of nitrogens with one attached hydrogen (secondary N) is 1. The van der Waals surface area contributed by atoms with Gasteiger partial charge in [-0.15, -0.1) is 24.0 Å². The topological polar surface area (TPSA) is 81.2 Å². The third kappa shape index (κ3) is 4.23. The molecule has 0 saturated carbocycles. The number of nitrogens with zero attached hydrogens (tertiary/aromatic N) is 1. The molecule has 0 aliphatic carbocycles. The molecule has 0 atom stereocenters. The summed E-state index contributed by atoms with van der Waals surface area (Å²) in [5, 5.41) is 6.13. The summed E-state index contributed by atoms with van der Waals surface area (Å²) in [5.74, 6) is 0.954. The lowest BCUT2D eigenvalue weighted by molar-refractivity contribution is -0.116. The van der Waals surface area contributed by atoms with Crippen LogP contribution in [0, 0.1) is 6.92 Å². The average Bonchev–Trinajstić information content (AvgIpc) is 2.36. The second-order valence-corrected chi connectivity index (χ2v) is 2.41. The van der Waals surface area contributed by atoms with E-state index < -0.39 is 0 Å². The molecule has 1 heterocycles. The second-order valence-electron chi connectivity index (χ2n) is 2.41. The van der Waals surface area contributed by atoms with Crippen molar-refractivity contribution in [3.8, 4) is 0 Å². The Bertz CT molecular complexity index is 274. The minimum Gasteiger partial charge on any atom is -0.360 e. The molecular weight excluding hydrogens is 285 g/mol. The number of carbonyl (C=O) groups excluding carboxylic acids is 1. The van der Waals surface area contributed by atoms with Gasteiger partial charge in [0.2, 0.25) is 5.91 Å². The van der Waals surface area contributed by atoms with Gasteiger partial charge in [-0.25, -0.2) is 0 Å². The summed E-state index contributed by atoms with van der Waals surface area (Å²) in [6.07, 6.45) is 0.298. The van der Waals surface area contributed by atoms with E-state index in [2.05, 4.69) is 10.5 Å². The average molecular weight is 297 g/mol. The SMILES string of the molecule is Cc1cc(NC(=O)CCN)no1.I. The summed E-state index contributed by atoms with van der Waals surface area (Å²) >= 11 is 0. The van der Waals surface area contributed by atoms with Crippen molar-refractivity contribution in [2.75, 3.05) is 11.9 Å². The number of nitrogens with two attached hydrogens (primary N) is 1. The van der Waals surface area contributed by atoms with Crippen molar-refractivity contribution < 1.29 is 9.32 Å². The van der Waals surface area contributed by atoms with Gasteiger partial charge in [-0.3, -0.25) is 4.79 Å². The molecule has 74 valence electrons. The van der Waals surface area contributed by atoms with Gasteiger partial charge < -0.3 is 15.6 Å². The molecule has 0 radical (unpaired) electrons. The van der Waals surface area contributed by atoms with Crippen LogP contribution in [-0.2, 0) is 4.79 Å². The van der Waals surface area contributed by atoms with Crippen LogP contribution < -0.4 is 11.1 Å². The number of hydrogen-bond acceptors (Lipinski definition) is 4. The largest absolute Gasteiger partial charge is 0.360 e. The van der Waals surface area contributed by atoms with E-state index in [9.17, 15) is 4.79 Å². The molecule has 0 aromatic carbocycles. The predicted octanol–water partition coefficient (Wildman–Crippen LogP) is 0.888. The molecule has 0 spiro atoms. The highest BCUT2D eigenvalue weighted by Gasteiger charge is 2.03. The highest BCUT2D eigenvalue weighted by Crippen LogP contribution is 2.06. The molecule has 1 rings (SSSR count). The van der Waals surface area contributed by atoms with Gasteiger partial charge >= 0.3 is 0 Å². The minimum absolute atomic E-state index is 0. The Hall–Kier alpha value is -0.630. The molecule has 6 heteroatoms. The fraction of sp³-hybridized carbons (Fsp3) is 0.429. The van der Waals surface area contributed by atoms with E-state index in [0.29, 0.717) is 24.5 Å². The van der Waals surface area contributed by atoms with Crippen molar-refractivity contribution >= 4 is 35.7 Å². The maximum Gasteiger partial charge on any atom is 0.226 e. The highest BCUT2D eigenvalue weighted by atomic mass is 127. The zero-order valence-electron chi connectivity index (χ0n) is 7.24. The number of aromatic nitrogens is 1. The Balaban J connectivity index is 0.00000144. The molecule has 3 N–H and O–H groups in total. The van der Waals surface area contributed by atoms with Crippen LogP contribution in [0.1, 0.15) is 12.2 Å². The summed E-state index contributed by atoms with van der Waals surface area (Å²) in [6.45, 7) is 2.09.